The van der Waals surface area contributed by atoms with Gasteiger partial charge in [-0.2, -0.15) is 4.39 Å². The molecule has 0 saturated heterocycles. The number of rotatable bonds is 5. The van der Waals surface area contributed by atoms with Crippen molar-refractivity contribution in [2.45, 2.75) is 17.7 Å². The number of nitro benzene ring substituents is 1. The topological polar surface area (TPSA) is 72.2 Å². The summed E-state index contributed by atoms with van der Waals surface area (Å²) in [5.41, 5.74) is -1.84. The van der Waals surface area contributed by atoms with Crippen molar-refractivity contribution in [2.75, 3.05) is 6.54 Å². The summed E-state index contributed by atoms with van der Waals surface area (Å²) in [5.74, 6) is -3.11. The smallest absolute Gasteiger partial charge is 0.305 e. The molecule has 1 unspecified atom stereocenters. The lowest BCUT2D eigenvalue weighted by atomic mass is 10.1. The largest absolute Gasteiger partial charge is 0.351 e. The Labute approximate surface area is 121 Å². The average molecular weight is 349 g/mol. The van der Waals surface area contributed by atoms with Crippen molar-refractivity contribution < 1.29 is 18.5 Å². The Kier molecular flexibility index (Phi) is 4.32. The summed E-state index contributed by atoms with van der Waals surface area (Å²) < 4.78 is 27.3. The Balaban J connectivity index is 2.15. The quantitative estimate of drug-likeness (QED) is 0.505. The van der Waals surface area contributed by atoms with E-state index in [1.807, 2.05) is 0 Å². The highest BCUT2D eigenvalue weighted by Crippen LogP contribution is 2.36. The molecule has 1 saturated carbocycles. The number of hydrogen-bond donors (Lipinski definition) is 1. The first-order valence-corrected chi connectivity index (χ1v) is 6.88. The molecule has 1 aliphatic rings. The first kappa shape index (κ1) is 14.8. The fourth-order valence-electron chi connectivity index (χ4n) is 1.79. The van der Waals surface area contributed by atoms with Crippen LogP contribution in [-0.4, -0.2) is 22.2 Å². The van der Waals surface area contributed by atoms with Gasteiger partial charge in [0.25, 0.3) is 5.91 Å². The van der Waals surface area contributed by atoms with Crippen LogP contribution in [0.2, 0.25) is 0 Å². The summed E-state index contributed by atoms with van der Waals surface area (Å²) in [6.45, 7) is 0.213. The molecule has 0 spiro atoms. The van der Waals surface area contributed by atoms with Gasteiger partial charge >= 0.3 is 5.69 Å². The Morgan fingerprint density at radius 2 is 2.15 bits per heavy atom. The van der Waals surface area contributed by atoms with Crippen LogP contribution in [-0.2, 0) is 0 Å². The van der Waals surface area contributed by atoms with Gasteiger partial charge in [0, 0.05) is 17.4 Å². The molecular formula is C12H11BrF2N2O3. The molecule has 1 fully saturated rings. The summed E-state index contributed by atoms with van der Waals surface area (Å²) in [5, 5.41) is 13.0. The molecule has 1 amide bonds. The van der Waals surface area contributed by atoms with E-state index in [1.165, 1.54) is 0 Å². The molecule has 1 aromatic rings. The minimum absolute atomic E-state index is 0.0382. The maximum Gasteiger partial charge on any atom is 0.305 e. The molecule has 1 aliphatic carbocycles. The van der Waals surface area contributed by atoms with Gasteiger partial charge in [-0.3, -0.25) is 14.9 Å². The molecule has 1 aromatic carbocycles. The predicted molar refractivity (Wildman–Crippen MR) is 70.8 cm³/mol. The van der Waals surface area contributed by atoms with Crippen LogP contribution in [0.3, 0.4) is 0 Å². The first-order chi connectivity index (χ1) is 9.41. The molecule has 0 bridgehead atoms. The maximum atomic E-state index is 13.8. The first-order valence-electron chi connectivity index (χ1n) is 5.96. The molecule has 1 N–H and O–H groups in total. The summed E-state index contributed by atoms with van der Waals surface area (Å²) >= 11 is 3.37. The minimum Gasteiger partial charge on any atom is -0.351 e. The number of carbonyl (C=O) groups excluding carboxylic acids is 1. The molecule has 108 valence electrons. The fraction of sp³-hybridized carbons (Fsp3) is 0.417. The second kappa shape index (κ2) is 5.82. The third-order valence-electron chi connectivity index (χ3n) is 3.09. The van der Waals surface area contributed by atoms with Crippen LogP contribution in [0.15, 0.2) is 12.1 Å². The Hall–Kier alpha value is -1.57. The summed E-state index contributed by atoms with van der Waals surface area (Å²) in [6.07, 6.45) is 2.09. The van der Waals surface area contributed by atoms with E-state index in [1.54, 1.807) is 0 Å². The average Bonchev–Trinajstić information content (AvgIpc) is 3.19. The highest BCUT2D eigenvalue weighted by atomic mass is 79.9. The van der Waals surface area contributed by atoms with Crippen LogP contribution in [0.25, 0.3) is 0 Å². The fourth-order valence-corrected chi connectivity index (χ4v) is 2.48. The Morgan fingerprint density at radius 3 is 2.70 bits per heavy atom. The molecule has 1 atom stereocenters. The number of nitro groups is 1. The van der Waals surface area contributed by atoms with Crippen LogP contribution in [0, 0.1) is 27.7 Å². The molecule has 0 aliphatic heterocycles. The van der Waals surface area contributed by atoms with E-state index < -0.39 is 33.7 Å². The molecule has 8 heteroatoms. The van der Waals surface area contributed by atoms with Gasteiger partial charge in [0.15, 0.2) is 0 Å². The van der Waals surface area contributed by atoms with E-state index in [0.717, 1.165) is 12.8 Å². The van der Waals surface area contributed by atoms with E-state index in [9.17, 15) is 23.7 Å². The van der Waals surface area contributed by atoms with Gasteiger partial charge < -0.3 is 5.32 Å². The van der Waals surface area contributed by atoms with Gasteiger partial charge in [0.2, 0.25) is 5.82 Å². The molecule has 0 heterocycles. The number of nitrogens with zero attached hydrogens (tertiary/aromatic N) is 1. The molecule has 0 radical (unpaired) electrons. The van der Waals surface area contributed by atoms with E-state index in [0.29, 0.717) is 18.1 Å². The van der Waals surface area contributed by atoms with Crippen molar-refractivity contribution in [3.05, 3.63) is 39.4 Å². The second-order valence-corrected chi connectivity index (χ2v) is 5.75. The number of benzene rings is 1. The normalized spacial score (nSPS) is 15.8. The highest BCUT2D eigenvalue weighted by molar-refractivity contribution is 9.09. The lowest BCUT2D eigenvalue weighted by Crippen LogP contribution is -2.31. The van der Waals surface area contributed by atoms with Crippen molar-refractivity contribution in [2.24, 2.45) is 5.92 Å². The van der Waals surface area contributed by atoms with Crippen molar-refractivity contribution in [1.82, 2.24) is 5.32 Å². The van der Waals surface area contributed by atoms with E-state index >= 15 is 0 Å². The minimum atomic E-state index is -1.45. The number of hydrogen-bond acceptors (Lipinski definition) is 3. The molecule has 2 rings (SSSR count). The number of alkyl halides is 1. The molecular weight excluding hydrogens is 338 g/mol. The zero-order valence-corrected chi connectivity index (χ0v) is 11.8. The number of amides is 1. The molecule has 20 heavy (non-hydrogen) atoms. The van der Waals surface area contributed by atoms with Crippen LogP contribution in [0.4, 0.5) is 14.5 Å². The predicted octanol–water partition coefficient (Wildman–Crippen LogP) is 2.78. The van der Waals surface area contributed by atoms with Crippen molar-refractivity contribution in [3.8, 4) is 0 Å². The van der Waals surface area contributed by atoms with Crippen LogP contribution < -0.4 is 5.32 Å². The lowest BCUT2D eigenvalue weighted by Gasteiger charge is -2.11. The van der Waals surface area contributed by atoms with E-state index in [-0.39, 0.29) is 11.4 Å². The van der Waals surface area contributed by atoms with Crippen molar-refractivity contribution in [3.63, 3.8) is 0 Å². The number of nitrogens with one attached hydrogen (secondary N) is 1. The van der Waals surface area contributed by atoms with Crippen LogP contribution in [0.1, 0.15) is 23.2 Å². The summed E-state index contributed by atoms with van der Waals surface area (Å²) in [7, 11) is 0. The zero-order chi connectivity index (χ0) is 14.9. The molecule has 5 nitrogen and oxygen atoms in total. The van der Waals surface area contributed by atoms with Crippen LogP contribution >= 0.6 is 15.9 Å². The third-order valence-corrected chi connectivity index (χ3v) is 4.16. The van der Waals surface area contributed by atoms with Gasteiger partial charge in [-0.05, 0) is 24.8 Å². The van der Waals surface area contributed by atoms with Crippen molar-refractivity contribution in [1.29, 1.82) is 0 Å². The van der Waals surface area contributed by atoms with E-state index in [2.05, 4.69) is 21.2 Å². The number of halogens is 3. The standard InChI is InChI=1S/C12H11BrF2N2O3/c13-7(6-1-2-6)5-16-12(18)10-8(14)3-4-9(11(10)15)17(19)20/h3-4,6-7H,1-2,5H2,(H,16,18). The van der Waals surface area contributed by atoms with Gasteiger partial charge in [-0.15, -0.1) is 0 Å². The third kappa shape index (κ3) is 3.12. The van der Waals surface area contributed by atoms with Crippen molar-refractivity contribution >= 4 is 27.5 Å². The highest BCUT2D eigenvalue weighted by Gasteiger charge is 2.31. The van der Waals surface area contributed by atoms with Gasteiger partial charge in [0.05, 0.1) is 4.92 Å². The van der Waals surface area contributed by atoms with Gasteiger partial charge in [-0.1, -0.05) is 15.9 Å². The lowest BCUT2D eigenvalue weighted by molar-refractivity contribution is -0.387. The summed E-state index contributed by atoms with van der Waals surface area (Å²) in [4.78, 5) is 21.4. The zero-order valence-electron chi connectivity index (χ0n) is 10.2. The summed E-state index contributed by atoms with van der Waals surface area (Å²) in [6, 6.07) is 1.40. The Bertz CT molecular complexity index is 564. The Morgan fingerprint density at radius 1 is 1.50 bits per heavy atom. The van der Waals surface area contributed by atoms with Crippen LogP contribution in [0.5, 0.6) is 0 Å². The maximum absolute atomic E-state index is 13.8. The van der Waals surface area contributed by atoms with Gasteiger partial charge in [-0.25, -0.2) is 4.39 Å². The van der Waals surface area contributed by atoms with Gasteiger partial charge in [0.1, 0.15) is 11.4 Å². The van der Waals surface area contributed by atoms with E-state index in [4.69, 9.17) is 0 Å². The molecule has 0 aromatic heterocycles. The second-order valence-electron chi connectivity index (χ2n) is 4.58. The number of carbonyl (C=O) groups is 1. The SMILES string of the molecule is O=C(NCC(Br)C1CC1)c1c(F)ccc([N+](=O)[O-])c1F. The monoisotopic (exact) mass is 348 g/mol.